The Bertz CT molecular complexity index is 855. The molecule has 0 aliphatic rings. The molecule has 1 atom stereocenters. The summed E-state index contributed by atoms with van der Waals surface area (Å²) in [7, 11) is 0. The first kappa shape index (κ1) is 22.3. The Labute approximate surface area is 178 Å². The molecular formula is C19H20Cl3N3O3. The number of nitrogens with zero attached hydrogens (tertiary/aromatic N) is 1. The van der Waals surface area contributed by atoms with Gasteiger partial charge in [0.05, 0.1) is 16.7 Å². The molecule has 0 radical (unpaired) electrons. The van der Waals surface area contributed by atoms with Gasteiger partial charge in [0, 0.05) is 11.6 Å². The number of hydrogen-bond acceptors (Lipinski definition) is 4. The number of rotatable bonds is 6. The van der Waals surface area contributed by atoms with E-state index in [4.69, 9.17) is 39.5 Å². The summed E-state index contributed by atoms with van der Waals surface area (Å²) in [4.78, 5) is 12.0. The average Bonchev–Trinajstić information content (AvgIpc) is 2.66. The van der Waals surface area contributed by atoms with Gasteiger partial charge in [0.25, 0.3) is 0 Å². The van der Waals surface area contributed by atoms with Crippen LogP contribution in [0.5, 0.6) is 0 Å². The molecule has 0 heterocycles. The highest BCUT2D eigenvalue weighted by Crippen LogP contribution is 2.30. The molecule has 0 aliphatic heterocycles. The second-order valence-corrected chi connectivity index (χ2v) is 7.22. The molecule has 2 amide bonds. The SMILES string of the molecule is CCO/C(=N/NC(=O)NCc1ccc(Cl)cc1)C(C)(O)c1ccc(Cl)c(Cl)c1. The molecular weight excluding hydrogens is 425 g/mol. The Morgan fingerprint density at radius 2 is 1.82 bits per heavy atom. The summed E-state index contributed by atoms with van der Waals surface area (Å²) in [6.07, 6.45) is 0. The zero-order valence-corrected chi connectivity index (χ0v) is 17.6. The van der Waals surface area contributed by atoms with E-state index in [2.05, 4.69) is 15.8 Å². The fraction of sp³-hybridized carbons (Fsp3) is 0.263. The molecule has 2 rings (SSSR count). The molecule has 28 heavy (non-hydrogen) atoms. The third-order valence-corrected chi connectivity index (χ3v) is 4.80. The molecule has 0 aliphatic carbocycles. The van der Waals surface area contributed by atoms with E-state index in [9.17, 15) is 9.90 Å². The molecule has 3 N–H and O–H groups in total. The van der Waals surface area contributed by atoms with Gasteiger partial charge in [-0.1, -0.05) is 53.0 Å². The van der Waals surface area contributed by atoms with Crippen molar-refractivity contribution in [2.75, 3.05) is 6.61 Å². The van der Waals surface area contributed by atoms with Crippen LogP contribution in [0.1, 0.15) is 25.0 Å². The first-order valence-electron chi connectivity index (χ1n) is 8.41. The van der Waals surface area contributed by atoms with E-state index in [1.807, 2.05) is 0 Å². The van der Waals surface area contributed by atoms with E-state index in [-0.39, 0.29) is 24.1 Å². The van der Waals surface area contributed by atoms with Crippen molar-refractivity contribution in [2.45, 2.75) is 26.0 Å². The topological polar surface area (TPSA) is 83.0 Å². The number of carbonyl (C=O) groups is 1. The maximum Gasteiger partial charge on any atom is 0.335 e. The number of aliphatic hydroxyl groups is 1. The van der Waals surface area contributed by atoms with Crippen molar-refractivity contribution in [2.24, 2.45) is 5.10 Å². The van der Waals surface area contributed by atoms with E-state index >= 15 is 0 Å². The number of nitrogens with one attached hydrogen (secondary N) is 2. The van der Waals surface area contributed by atoms with Crippen LogP contribution in [0, 0.1) is 0 Å². The molecule has 0 aromatic heterocycles. The van der Waals surface area contributed by atoms with Crippen molar-refractivity contribution in [1.82, 2.24) is 10.7 Å². The van der Waals surface area contributed by atoms with Gasteiger partial charge in [-0.3, -0.25) is 0 Å². The largest absolute Gasteiger partial charge is 0.478 e. The molecule has 0 spiro atoms. The van der Waals surface area contributed by atoms with Crippen LogP contribution in [0.2, 0.25) is 15.1 Å². The molecule has 0 saturated carbocycles. The number of ether oxygens (including phenoxy) is 1. The van der Waals surface area contributed by atoms with Crippen LogP contribution < -0.4 is 10.7 Å². The molecule has 0 bridgehead atoms. The normalized spacial score (nSPS) is 13.6. The van der Waals surface area contributed by atoms with E-state index in [1.54, 1.807) is 43.3 Å². The number of urea groups is 1. The Morgan fingerprint density at radius 3 is 2.43 bits per heavy atom. The zero-order chi connectivity index (χ0) is 20.7. The second kappa shape index (κ2) is 9.98. The number of amides is 2. The fourth-order valence-electron chi connectivity index (χ4n) is 2.27. The minimum absolute atomic E-state index is 0.0879. The minimum Gasteiger partial charge on any atom is -0.478 e. The van der Waals surface area contributed by atoms with Crippen molar-refractivity contribution >= 4 is 46.7 Å². The summed E-state index contributed by atoms with van der Waals surface area (Å²) in [5, 5.41) is 18.7. The quantitative estimate of drug-likeness (QED) is 0.343. The van der Waals surface area contributed by atoms with Gasteiger partial charge >= 0.3 is 6.03 Å². The number of benzene rings is 2. The van der Waals surface area contributed by atoms with E-state index in [0.717, 1.165) is 5.56 Å². The van der Waals surface area contributed by atoms with E-state index in [0.29, 0.717) is 15.6 Å². The molecule has 1 unspecified atom stereocenters. The van der Waals surface area contributed by atoms with Crippen molar-refractivity contribution in [3.63, 3.8) is 0 Å². The predicted octanol–water partition coefficient (Wildman–Crippen LogP) is 4.70. The van der Waals surface area contributed by atoms with Crippen LogP contribution in [0.25, 0.3) is 0 Å². The van der Waals surface area contributed by atoms with Gasteiger partial charge in [0.1, 0.15) is 0 Å². The van der Waals surface area contributed by atoms with Crippen LogP contribution >= 0.6 is 34.8 Å². The zero-order valence-electron chi connectivity index (χ0n) is 15.3. The minimum atomic E-state index is -1.63. The first-order chi connectivity index (χ1) is 13.2. The van der Waals surface area contributed by atoms with Crippen LogP contribution in [-0.2, 0) is 16.9 Å². The van der Waals surface area contributed by atoms with Gasteiger partial charge in [0.15, 0.2) is 5.60 Å². The first-order valence-corrected chi connectivity index (χ1v) is 9.54. The van der Waals surface area contributed by atoms with Crippen LogP contribution in [-0.4, -0.2) is 23.6 Å². The van der Waals surface area contributed by atoms with Crippen LogP contribution in [0.3, 0.4) is 0 Å². The molecule has 150 valence electrons. The number of carbonyl (C=O) groups excluding carboxylic acids is 1. The lowest BCUT2D eigenvalue weighted by molar-refractivity contribution is 0.0954. The third kappa shape index (κ3) is 6.01. The standard InChI is InChI=1S/C19H20Cl3N3O3/c1-3-28-17(19(2,27)13-6-9-15(21)16(22)10-13)24-25-18(26)23-11-12-4-7-14(20)8-5-12/h4-10,27H,3,11H2,1-2H3,(H2,23,25,26)/b24-17+. The van der Waals surface area contributed by atoms with Crippen molar-refractivity contribution in [3.05, 3.63) is 68.7 Å². The van der Waals surface area contributed by atoms with Gasteiger partial charge in [-0.05, 0) is 49.2 Å². The molecule has 0 fully saturated rings. The van der Waals surface area contributed by atoms with Gasteiger partial charge in [-0.25, -0.2) is 10.2 Å². The van der Waals surface area contributed by atoms with E-state index < -0.39 is 11.6 Å². The number of halogens is 3. The molecule has 6 nitrogen and oxygen atoms in total. The lowest BCUT2D eigenvalue weighted by atomic mass is 9.96. The lowest BCUT2D eigenvalue weighted by Gasteiger charge is -2.25. The number of hydrazone groups is 1. The Balaban J connectivity index is 2.08. The Morgan fingerprint density at radius 1 is 1.14 bits per heavy atom. The molecule has 2 aromatic carbocycles. The van der Waals surface area contributed by atoms with Gasteiger partial charge in [0.2, 0.25) is 5.90 Å². The monoisotopic (exact) mass is 443 g/mol. The highest BCUT2D eigenvalue weighted by atomic mass is 35.5. The summed E-state index contributed by atoms with van der Waals surface area (Å²) in [6.45, 7) is 3.74. The van der Waals surface area contributed by atoms with Crippen molar-refractivity contribution in [3.8, 4) is 0 Å². The van der Waals surface area contributed by atoms with Gasteiger partial charge in [-0.15, -0.1) is 5.10 Å². The van der Waals surface area contributed by atoms with E-state index in [1.165, 1.54) is 13.0 Å². The third-order valence-electron chi connectivity index (χ3n) is 3.80. The lowest BCUT2D eigenvalue weighted by Crippen LogP contribution is -2.39. The fourth-order valence-corrected chi connectivity index (χ4v) is 2.69. The maximum atomic E-state index is 12.0. The Kier molecular flexibility index (Phi) is 7.95. The van der Waals surface area contributed by atoms with Crippen LogP contribution in [0.4, 0.5) is 4.79 Å². The summed E-state index contributed by atoms with van der Waals surface area (Å²) in [6, 6.07) is 11.2. The average molecular weight is 445 g/mol. The highest BCUT2D eigenvalue weighted by molar-refractivity contribution is 6.42. The maximum absolute atomic E-state index is 12.0. The smallest absolute Gasteiger partial charge is 0.335 e. The van der Waals surface area contributed by atoms with Crippen molar-refractivity contribution in [1.29, 1.82) is 0 Å². The number of hydrogen-bond donors (Lipinski definition) is 3. The van der Waals surface area contributed by atoms with Gasteiger partial charge in [-0.2, -0.15) is 0 Å². The van der Waals surface area contributed by atoms with Crippen LogP contribution in [0.15, 0.2) is 47.6 Å². The summed E-state index contributed by atoms with van der Waals surface area (Å²) < 4.78 is 5.42. The van der Waals surface area contributed by atoms with Crippen molar-refractivity contribution < 1.29 is 14.6 Å². The predicted molar refractivity (Wildman–Crippen MR) is 112 cm³/mol. The molecule has 2 aromatic rings. The summed E-state index contributed by atoms with van der Waals surface area (Å²) in [5.41, 5.74) is 1.97. The Hall–Kier alpha value is -1.99. The second-order valence-electron chi connectivity index (χ2n) is 5.97. The molecule has 9 heteroatoms. The molecule has 0 saturated heterocycles. The van der Waals surface area contributed by atoms with Gasteiger partial charge < -0.3 is 15.2 Å². The summed E-state index contributed by atoms with van der Waals surface area (Å²) in [5.74, 6) is -0.0879. The highest BCUT2D eigenvalue weighted by Gasteiger charge is 2.33. The summed E-state index contributed by atoms with van der Waals surface area (Å²) >= 11 is 17.8.